The van der Waals surface area contributed by atoms with E-state index < -0.39 is 0 Å². The van der Waals surface area contributed by atoms with Gasteiger partial charge >= 0.3 is 0 Å². The maximum absolute atomic E-state index is 5.80. The number of hydrogen-bond acceptors (Lipinski definition) is 5. The topological polar surface area (TPSA) is 49.0 Å². The summed E-state index contributed by atoms with van der Waals surface area (Å²) in [5.74, 6) is 1.60. The third-order valence-corrected chi connectivity index (χ3v) is 3.18. The standard InChI is InChI=1S/C14H21NO4/c1-16-9-10-6-11(17-2)7-12(14(10)18-3)13-8-15-4-5-19-13/h6-7,13,15H,4-5,8-9H2,1-3H3. The fraction of sp³-hybridized carbons (Fsp3) is 0.571. The van der Waals surface area contributed by atoms with Gasteiger partial charge in [-0.05, 0) is 12.1 Å². The Morgan fingerprint density at radius 2 is 2.11 bits per heavy atom. The van der Waals surface area contributed by atoms with Crippen LogP contribution >= 0.6 is 0 Å². The first-order valence-electron chi connectivity index (χ1n) is 6.36. The third kappa shape index (κ3) is 3.18. The van der Waals surface area contributed by atoms with E-state index in [2.05, 4.69) is 5.32 Å². The van der Waals surface area contributed by atoms with Gasteiger partial charge in [0.2, 0.25) is 0 Å². The summed E-state index contributed by atoms with van der Waals surface area (Å²) < 4.78 is 21.9. The minimum atomic E-state index is -0.0191. The zero-order valence-electron chi connectivity index (χ0n) is 11.7. The summed E-state index contributed by atoms with van der Waals surface area (Å²) in [6.07, 6.45) is -0.0191. The van der Waals surface area contributed by atoms with Crippen LogP contribution in [0.1, 0.15) is 17.2 Å². The Morgan fingerprint density at radius 1 is 1.26 bits per heavy atom. The van der Waals surface area contributed by atoms with E-state index in [1.165, 1.54) is 0 Å². The molecule has 0 bridgehead atoms. The molecule has 1 saturated heterocycles. The summed E-state index contributed by atoms with van der Waals surface area (Å²) in [6, 6.07) is 3.90. The SMILES string of the molecule is COCc1cc(OC)cc(C2CNCCO2)c1OC. The van der Waals surface area contributed by atoms with E-state index in [1.54, 1.807) is 21.3 Å². The predicted molar refractivity (Wildman–Crippen MR) is 71.8 cm³/mol. The van der Waals surface area contributed by atoms with Gasteiger partial charge < -0.3 is 24.3 Å². The zero-order valence-corrected chi connectivity index (χ0v) is 11.7. The van der Waals surface area contributed by atoms with Crippen molar-refractivity contribution in [1.29, 1.82) is 0 Å². The van der Waals surface area contributed by atoms with E-state index in [1.807, 2.05) is 12.1 Å². The van der Waals surface area contributed by atoms with Crippen LogP contribution in [0, 0.1) is 0 Å². The molecule has 0 aliphatic carbocycles. The summed E-state index contributed by atoms with van der Waals surface area (Å²) in [4.78, 5) is 0. The number of morpholine rings is 1. The van der Waals surface area contributed by atoms with E-state index in [0.29, 0.717) is 13.2 Å². The van der Waals surface area contributed by atoms with Crippen molar-refractivity contribution in [2.45, 2.75) is 12.7 Å². The lowest BCUT2D eigenvalue weighted by atomic mass is 10.0. The lowest BCUT2D eigenvalue weighted by Gasteiger charge is -2.26. The number of benzene rings is 1. The van der Waals surface area contributed by atoms with E-state index in [4.69, 9.17) is 18.9 Å². The Balaban J connectivity index is 2.40. The van der Waals surface area contributed by atoms with Crippen LogP contribution < -0.4 is 14.8 Å². The van der Waals surface area contributed by atoms with Crippen molar-refractivity contribution in [3.05, 3.63) is 23.3 Å². The number of methoxy groups -OCH3 is 3. The van der Waals surface area contributed by atoms with Crippen LogP contribution in [-0.2, 0) is 16.1 Å². The smallest absolute Gasteiger partial charge is 0.130 e. The van der Waals surface area contributed by atoms with Gasteiger partial charge in [0.25, 0.3) is 0 Å². The first-order chi connectivity index (χ1) is 9.30. The fourth-order valence-corrected chi connectivity index (χ4v) is 2.32. The van der Waals surface area contributed by atoms with Gasteiger partial charge in [0.05, 0.1) is 33.5 Å². The highest BCUT2D eigenvalue weighted by molar-refractivity contribution is 5.48. The Labute approximate surface area is 113 Å². The van der Waals surface area contributed by atoms with Crippen LogP contribution in [0.4, 0.5) is 0 Å². The molecule has 1 aromatic carbocycles. The van der Waals surface area contributed by atoms with Gasteiger partial charge in [-0.1, -0.05) is 0 Å². The van der Waals surface area contributed by atoms with Crippen molar-refractivity contribution in [3.63, 3.8) is 0 Å². The van der Waals surface area contributed by atoms with Crippen molar-refractivity contribution >= 4 is 0 Å². The maximum Gasteiger partial charge on any atom is 0.130 e. The van der Waals surface area contributed by atoms with Gasteiger partial charge in [-0.2, -0.15) is 0 Å². The monoisotopic (exact) mass is 267 g/mol. The first kappa shape index (κ1) is 14.1. The van der Waals surface area contributed by atoms with Crippen molar-refractivity contribution < 1.29 is 18.9 Å². The maximum atomic E-state index is 5.80. The molecule has 1 unspecified atom stereocenters. The molecule has 0 saturated carbocycles. The molecule has 19 heavy (non-hydrogen) atoms. The highest BCUT2D eigenvalue weighted by atomic mass is 16.5. The molecule has 0 aromatic heterocycles. The molecule has 1 aliphatic rings. The minimum absolute atomic E-state index is 0.0191. The number of rotatable bonds is 5. The van der Waals surface area contributed by atoms with Crippen LogP contribution in [-0.4, -0.2) is 41.0 Å². The number of ether oxygens (including phenoxy) is 4. The molecule has 1 heterocycles. The second kappa shape index (κ2) is 6.75. The average Bonchev–Trinajstić information content (AvgIpc) is 2.47. The minimum Gasteiger partial charge on any atom is -0.497 e. The lowest BCUT2D eigenvalue weighted by molar-refractivity contribution is 0.0259. The number of hydrogen-bond donors (Lipinski definition) is 1. The Kier molecular flexibility index (Phi) is 5.01. The molecule has 1 aliphatic heterocycles. The van der Waals surface area contributed by atoms with E-state index >= 15 is 0 Å². The van der Waals surface area contributed by atoms with Crippen LogP contribution in [0.2, 0.25) is 0 Å². The zero-order chi connectivity index (χ0) is 13.7. The van der Waals surface area contributed by atoms with Crippen molar-refractivity contribution in [2.75, 3.05) is 41.0 Å². The van der Waals surface area contributed by atoms with Crippen molar-refractivity contribution in [1.82, 2.24) is 5.32 Å². The van der Waals surface area contributed by atoms with Gasteiger partial charge in [-0.25, -0.2) is 0 Å². The van der Waals surface area contributed by atoms with Crippen LogP contribution in [0.3, 0.4) is 0 Å². The molecule has 1 atom stereocenters. The summed E-state index contributed by atoms with van der Waals surface area (Å²) >= 11 is 0. The lowest BCUT2D eigenvalue weighted by Crippen LogP contribution is -2.33. The highest BCUT2D eigenvalue weighted by Gasteiger charge is 2.23. The largest absolute Gasteiger partial charge is 0.497 e. The van der Waals surface area contributed by atoms with Crippen LogP contribution in [0.25, 0.3) is 0 Å². The molecule has 1 fully saturated rings. The Morgan fingerprint density at radius 3 is 2.68 bits per heavy atom. The van der Waals surface area contributed by atoms with Crippen molar-refractivity contribution in [2.24, 2.45) is 0 Å². The second-order valence-corrected chi connectivity index (χ2v) is 4.41. The molecule has 5 heteroatoms. The fourth-order valence-electron chi connectivity index (χ4n) is 2.32. The van der Waals surface area contributed by atoms with E-state index in [9.17, 15) is 0 Å². The summed E-state index contributed by atoms with van der Waals surface area (Å²) in [5.41, 5.74) is 1.97. The van der Waals surface area contributed by atoms with Crippen LogP contribution in [0.15, 0.2) is 12.1 Å². The quantitative estimate of drug-likeness (QED) is 0.876. The molecule has 5 nitrogen and oxygen atoms in total. The van der Waals surface area contributed by atoms with E-state index in [0.717, 1.165) is 35.7 Å². The van der Waals surface area contributed by atoms with Gasteiger partial charge in [0, 0.05) is 31.3 Å². The molecule has 0 spiro atoms. The molecule has 1 aromatic rings. The van der Waals surface area contributed by atoms with Crippen molar-refractivity contribution in [3.8, 4) is 11.5 Å². The van der Waals surface area contributed by atoms with Gasteiger partial charge in [0.15, 0.2) is 0 Å². The molecule has 2 rings (SSSR count). The van der Waals surface area contributed by atoms with Crippen LogP contribution in [0.5, 0.6) is 11.5 Å². The average molecular weight is 267 g/mol. The molecule has 0 amide bonds. The highest BCUT2D eigenvalue weighted by Crippen LogP contribution is 2.35. The van der Waals surface area contributed by atoms with Gasteiger partial charge in [0.1, 0.15) is 11.5 Å². The molecule has 0 radical (unpaired) electrons. The third-order valence-electron chi connectivity index (χ3n) is 3.18. The van der Waals surface area contributed by atoms with E-state index in [-0.39, 0.29) is 6.10 Å². The summed E-state index contributed by atoms with van der Waals surface area (Å²) in [6.45, 7) is 2.84. The second-order valence-electron chi connectivity index (χ2n) is 4.41. The molecular weight excluding hydrogens is 246 g/mol. The normalized spacial score (nSPS) is 19.2. The summed E-state index contributed by atoms with van der Waals surface area (Å²) in [5, 5.41) is 3.32. The van der Waals surface area contributed by atoms with Gasteiger partial charge in [-0.3, -0.25) is 0 Å². The summed E-state index contributed by atoms with van der Waals surface area (Å²) in [7, 11) is 4.99. The first-order valence-corrected chi connectivity index (χ1v) is 6.36. The number of nitrogens with one attached hydrogen (secondary N) is 1. The Hall–Kier alpha value is -1.30. The Bertz CT molecular complexity index is 416. The molecule has 106 valence electrons. The van der Waals surface area contributed by atoms with Gasteiger partial charge in [-0.15, -0.1) is 0 Å². The predicted octanol–water partition coefficient (Wildman–Crippen LogP) is 1.51. The molecule has 1 N–H and O–H groups in total. The molecular formula is C14H21NO4.